The van der Waals surface area contributed by atoms with Crippen molar-refractivity contribution in [2.45, 2.75) is 13.8 Å². The summed E-state index contributed by atoms with van der Waals surface area (Å²) < 4.78 is 1.43. The molecule has 104 valence electrons. The van der Waals surface area contributed by atoms with Crippen LogP contribution in [0, 0.1) is 13.8 Å². The fourth-order valence-electron chi connectivity index (χ4n) is 1.81. The Morgan fingerprint density at radius 3 is 2.45 bits per heavy atom. The predicted octanol–water partition coefficient (Wildman–Crippen LogP) is 1.42. The monoisotopic (exact) mass is 338 g/mol. The molecule has 0 aliphatic carbocycles. The van der Waals surface area contributed by atoms with Gasteiger partial charge in [0.2, 0.25) is 5.88 Å². The number of nitrogens with one attached hydrogen (secondary N) is 1. The van der Waals surface area contributed by atoms with Gasteiger partial charge in [-0.15, -0.1) is 0 Å². The van der Waals surface area contributed by atoms with E-state index in [2.05, 4.69) is 15.9 Å². The average Bonchev–Trinajstić information content (AvgIpc) is 2.35. The van der Waals surface area contributed by atoms with Gasteiger partial charge in [-0.1, -0.05) is 0 Å². The number of hydrogen-bond donors (Lipinski definition) is 2. The molecule has 0 saturated heterocycles. The molecule has 0 amide bonds. The summed E-state index contributed by atoms with van der Waals surface area (Å²) in [4.78, 5) is 36.1. The molecule has 1 aromatic carbocycles. The Labute approximate surface area is 121 Å². The molecular formula is C13H11BrN2O4. The quantitative estimate of drug-likeness (QED) is 0.810. The zero-order chi connectivity index (χ0) is 15.0. The summed E-state index contributed by atoms with van der Waals surface area (Å²) in [5, 5.41) is 9.98. The number of carbonyl (C=O) groups excluding carboxylic acids is 1. The summed E-state index contributed by atoms with van der Waals surface area (Å²) in [6, 6.07) is 3.45. The number of hydrogen-bond acceptors (Lipinski definition) is 4. The minimum absolute atomic E-state index is 0.207. The van der Waals surface area contributed by atoms with Gasteiger partial charge >= 0.3 is 5.69 Å². The highest BCUT2D eigenvalue weighted by Crippen LogP contribution is 2.26. The summed E-state index contributed by atoms with van der Waals surface area (Å²) in [7, 11) is 0. The van der Waals surface area contributed by atoms with Crippen molar-refractivity contribution in [2.24, 2.45) is 0 Å². The van der Waals surface area contributed by atoms with Crippen LogP contribution < -0.4 is 11.2 Å². The topological polar surface area (TPSA) is 92.2 Å². The molecule has 6 nitrogen and oxygen atoms in total. The second kappa shape index (κ2) is 5.09. The first-order valence-electron chi connectivity index (χ1n) is 5.67. The fourth-order valence-corrected chi connectivity index (χ4v) is 2.44. The Balaban J connectivity index is 2.90. The zero-order valence-corrected chi connectivity index (χ0v) is 12.3. The van der Waals surface area contributed by atoms with Crippen LogP contribution in [0.5, 0.6) is 5.88 Å². The lowest BCUT2D eigenvalue weighted by Crippen LogP contribution is -2.31. The van der Waals surface area contributed by atoms with Crippen LogP contribution in [0.4, 0.5) is 0 Å². The summed E-state index contributed by atoms with van der Waals surface area (Å²) in [5.74, 6) is -0.683. The maximum Gasteiger partial charge on any atom is 0.335 e. The lowest BCUT2D eigenvalue weighted by atomic mass is 10.1. The summed E-state index contributed by atoms with van der Waals surface area (Å²) in [6.07, 6.45) is 0.207. The number of halogens is 1. The second-order valence-corrected chi connectivity index (χ2v) is 5.19. The summed E-state index contributed by atoms with van der Waals surface area (Å²) in [5.41, 5.74) is 0.00647. The van der Waals surface area contributed by atoms with Gasteiger partial charge in [0.1, 0.15) is 5.56 Å². The minimum atomic E-state index is -0.918. The van der Waals surface area contributed by atoms with Gasteiger partial charge in [0.05, 0.1) is 5.69 Å². The number of carbonyl (C=O) groups is 1. The highest BCUT2D eigenvalue weighted by Gasteiger charge is 2.17. The van der Waals surface area contributed by atoms with Crippen molar-refractivity contribution in [3.63, 3.8) is 0 Å². The van der Waals surface area contributed by atoms with Crippen LogP contribution in [0.3, 0.4) is 0 Å². The van der Waals surface area contributed by atoms with Crippen molar-refractivity contribution in [3.8, 4) is 11.6 Å². The number of aryl methyl sites for hydroxylation is 2. The second-order valence-electron chi connectivity index (χ2n) is 4.34. The third-order valence-electron chi connectivity index (χ3n) is 3.04. The number of rotatable bonds is 2. The number of nitrogens with zero attached hydrogens (tertiary/aromatic N) is 1. The van der Waals surface area contributed by atoms with E-state index in [1.54, 1.807) is 12.1 Å². The first kappa shape index (κ1) is 14.3. The van der Waals surface area contributed by atoms with Gasteiger partial charge in [-0.3, -0.25) is 14.6 Å². The molecule has 0 saturated carbocycles. The summed E-state index contributed by atoms with van der Waals surface area (Å²) >= 11 is 3.30. The van der Waals surface area contributed by atoms with Gasteiger partial charge in [-0.25, -0.2) is 9.36 Å². The molecule has 7 heteroatoms. The van der Waals surface area contributed by atoms with Gasteiger partial charge in [0, 0.05) is 4.47 Å². The Morgan fingerprint density at radius 1 is 1.25 bits per heavy atom. The fraction of sp³-hybridized carbons (Fsp3) is 0.154. The molecule has 0 atom stereocenters. The molecule has 0 fully saturated rings. The average molecular weight is 339 g/mol. The van der Waals surface area contributed by atoms with Crippen LogP contribution in [0.15, 0.2) is 26.2 Å². The number of aromatic nitrogens is 2. The third-order valence-corrected chi connectivity index (χ3v) is 3.68. The number of benzene rings is 1. The highest BCUT2D eigenvalue weighted by molar-refractivity contribution is 9.10. The Bertz CT molecular complexity index is 820. The van der Waals surface area contributed by atoms with Crippen LogP contribution in [-0.4, -0.2) is 20.9 Å². The van der Waals surface area contributed by atoms with Crippen LogP contribution in [-0.2, 0) is 0 Å². The van der Waals surface area contributed by atoms with Crippen LogP contribution in [0.25, 0.3) is 5.69 Å². The van der Waals surface area contributed by atoms with E-state index < -0.39 is 22.7 Å². The van der Waals surface area contributed by atoms with Crippen molar-refractivity contribution in [3.05, 3.63) is 54.1 Å². The van der Waals surface area contributed by atoms with E-state index in [-0.39, 0.29) is 6.29 Å². The van der Waals surface area contributed by atoms with Gasteiger partial charge in [0.15, 0.2) is 6.29 Å². The van der Waals surface area contributed by atoms with Crippen LogP contribution in [0.2, 0.25) is 0 Å². The summed E-state index contributed by atoms with van der Waals surface area (Å²) in [6.45, 7) is 3.75. The molecule has 0 spiro atoms. The molecule has 0 bridgehead atoms. The lowest BCUT2D eigenvalue weighted by molar-refractivity contribution is 0.111. The first-order chi connectivity index (χ1) is 9.36. The van der Waals surface area contributed by atoms with Crippen LogP contribution >= 0.6 is 15.9 Å². The Kier molecular flexibility index (Phi) is 3.63. The molecule has 0 radical (unpaired) electrons. The molecule has 0 aliphatic heterocycles. The van der Waals surface area contributed by atoms with Gasteiger partial charge in [0.25, 0.3) is 5.56 Å². The first-order valence-corrected chi connectivity index (χ1v) is 6.46. The predicted molar refractivity (Wildman–Crippen MR) is 76.9 cm³/mol. The maximum atomic E-state index is 11.9. The van der Waals surface area contributed by atoms with Crippen molar-refractivity contribution < 1.29 is 9.90 Å². The van der Waals surface area contributed by atoms with E-state index in [1.165, 1.54) is 0 Å². The number of aldehydes is 1. The maximum absolute atomic E-state index is 11.9. The van der Waals surface area contributed by atoms with Gasteiger partial charge < -0.3 is 5.11 Å². The van der Waals surface area contributed by atoms with E-state index in [1.807, 2.05) is 18.8 Å². The molecule has 1 aromatic heterocycles. The largest absolute Gasteiger partial charge is 0.493 e. The van der Waals surface area contributed by atoms with E-state index in [9.17, 15) is 19.5 Å². The molecular weight excluding hydrogens is 328 g/mol. The van der Waals surface area contributed by atoms with Crippen LogP contribution in [0.1, 0.15) is 21.5 Å². The van der Waals surface area contributed by atoms with Crippen molar-refractivity contribution in [2.75, 3.05) is 0 Å². The van der Waals surface area contributed by atoms with E-state index in [4.69, 9.17) is 0 Å². The molecule has 2 aromatic rings. The van der Waals surface area contributed by atoms with Gasteiger partial charge in [-0.05, 0) is 53.0 Å². The number of aromatic amines is 1. The van der Waals surface area contributed by atoms with E-state index in [0.29, 0.717) is 10.2 Å². The van der Waals surface area contributed by atoms with Crippen molar-refractivity contribution in [1.29, 1.82) is 0 Å². The normalized spacial score (nSPS) is 10.6. The van der Waals surface area contributed by atoms with Gasteiger partial charge in [-0.2, -0.15) is 0 Å². The molecule has 1 heterocycles. The van der Waals surface area contributed by atoms with E-state index in [0.717, 1.165) is 15.7 Å². The zero-order valence-electron chi connectivity index (χ0n) is 10.7. The molecule has 2 rings (SSSR count). The molecule has 2 N–H and O–H groups in total. The minimum Gasteiger partial charge on any atom is -0.493 e. The van der Waals surface area contributed by atoms with Crippen molar-refractivity contribution >= 4 is 22.2 Å². The number of H-pyrrole nitrogens is 1. The lowest BCUT2D eigenvalue weighted by Gasteiger charge is -2.13. The smallest absolute Gasteiger partial charge is 0.335 e. The molecule has 0 unspecified atom stereocenters. The highest BCUT2D eigenvalue weighted by atomic mass is 79.9. The standard InChI is InChI=1S/C13H11BrN2O4/c1-6-3-9(14)10(4-7(6)2)16-12(19)8(5-17)11(18)15-13(16)20/h3-5,19H,1-2H3,(H,15,18,20). The Morgan fingerprint density at radius 2 is 1.85 bits per heavy atom. The third kappa shape index (κ3) is 2.20. The van der Waals surface area contributed by atoms with Crippen molar-refractivity contribution in [1.82, 2.24) is 9.55 Å². The Hall–Kier alpha value is -2.15. The molecule has 20 heavy (non-hydrogen) atoms. The van der Waals surface area contributed by atoms with E-state index >= 15 is 0 Å². The number of aromatic hydroxyl groups is 1. The SMILES string of the molecule is Cc1cc(Br)c(-n2c(O)c(C=O)c(=O)[nH]c2=O)cc1C. The molecule has 0 aliphatic rings.